The summed E-state index contributed by atoms with van der Waals surface area (Å²) in [4.78, 5) is 16.0. The summed E-state index contributed by atoms with van der Waals surface area (Å²) >= 11 is 0. The molecule has 7 nitrogen and oxygen atoms in total. The van der Waals surface area contributed by atoms with Gasteiger partial charge in [-0.25, -0.2) is 4.79 Å². The van der Waals surface area contributed by atoms with E-state index in [1.54, 1.807) is 0 Å². The highest BCUT2D eigenvalue weighted by Gasteiger charge is 2.31. The van der Waals surface area contributed by atoms with Gasteiger partial charge in [0.1, 0.15) is 0 Å². The second-order valence-corrected chi connectivity index (χ2v) is 5.51. The van der Waals surface area contributed by atoms with E-state index in [0.29, 0.717) is 18.7 Å². The topological polar surface area (TPSA) is 84.0 Å². The first-order chi connectivity index (χ1) is 9.83. The summed E-state index contributed by atoms with van der Waals surface area (Å²) in [5.74, 6) is 0. The molecule has 0 aromatic heterocycles. The maximum absolute atomic E-state index is 11.7. The van der Waals surface area contributed by atoms with Crippen LogP contribution in [0.4, 0.5) is 4.79 Å². The first-order valence-corrected chi connectivity index (χ1v) is 8.27. The molecule has 1 fully saturated rings. The van der Waals surface area contributed by atoms with Gasteiger partial charge in [-0.15, -0.1) is 12.6 Å². The van der Waals surface area contributed by atoms with Gasteiger partial charge in [0.25, 0.3) is 0 Å². The van der Waals surface area contributed by atoms with Crippen LogP contribution >= 0.6 is 0 Å². The molecule has 0 radical (unpaired) electrons. The number of piperazine rings is 1. The number of carbonyl (C=O) groups is 1. The first kappa shape index (κ1) is 19.9. The number of hydrogen-bond donors (Lipinski definition) is 0. The van der Waals surface area contributed by atoms with E-state index >= 15 is 0 Å². The molecule has 0 spiro atoms. The summed E-state index contributed by atoms with van der Waals surface area (Å²) in [6, 6.07) is 0.851. The van der Waals surface area contributed by atoms with Crippen LogP contribution in [0.1, 0.15) is 40.5 Å². The Hall–Kier alpha value is -1.15. The van der Waals surface area contributed by atoms with Gasteiger partial charge < -0.3 is 9.64 Å². The molecular weight excluding hydrogens is 296 g/mol. The Bertz CT molecular complexity index is 393. The van der Waals surface area contributed by atoms with Gasteiger partial charge >= 0.3 is 16.7 Å². The van der Waals surface area contributed by atoms with Crippen LogP contribution in [-0.4, -0.2) is 66.8 Å². The van der Waals surface area contributed by atoms with Crippen LogP contribution in [0.25, 0.3) is 0 Å². The first-order valence-electron chi connectivity index (χ1n) is 7.27. The molecule has 0 unspecified atom stereocenters. The quantitative estimate of drug-likeness (QED) is 0.776. The van der Waals surface area contributed by atoms with Gasteiger partial charge in [-0.3, -0.25) is 4.90 Å². The van der Waals surface area contributed by atoms with Crippen LogP contribution in [0.2, 0.25) is 0 Å². The predicted octanol–water partition coefficient (Wildman–Crippen LogP) is 1.33. The lowest BCUT2D eigenvalue weighted by Crippen LogP contribution is -2.58. The van der Waals surface area contributed by atoms with Crippen LogP contribution in [0, 0.1) is 0 Å². The van der Waals surface area contributed by atoms with Crippen molar-refractivity contribution in [3.05, 3.63) is 0 Å². The van der Waals surface area contributed by atoms with Gasteiger partial charge in [0, 0.05) is 25.2 Å². The molecule has 1 rings (SSSR count). The van der Waals surface area contributed by atoms with Gasteiger partial charge in [-0.05, 0) is 33.7 Å². The zero-order valence-electron chi connectivity index (χ0n) is 13.2. The molecule has 21 heavy (non-hydrogen) atoms. The molecule has 124 valence electrons. The monoisotopic (exact) mass is 322 g/mol. The highest BCUT2D eigenvalue weighted by molar-refractivity contribution is 7.59. The van der Waals surface area contributed by atoms with Crippen molar-refractivity contribution in [1.29, 1.82) is 0 Å². The number of amides is 1. The van der Waals surface area contributed by atoms with E-state index < -0.39 is 10.6 Å². The fourth-order valence-electron chi connectivity index (χ4n) is 2.50. The van der Waals surface area contributed by atoms with Gasteiger partial charge in [-0.1, -0.05) is 13.3 Å². The number of unbranched alkanes of at least 4 members (excludes halogenated alkanes) is 1. The number of ether oxygens (including phenoxy) is 1. The molecule has 1 amide bonds. The van der Waals surface area contributed by atoms with Crippen molar-refractivity contribution in [2.24, 2.45) is 0 Å². The predicted molar refractivity (Wildman–Crippen MR) is 78.8 cm³/mol. The molecule has 1 saturated heterocycles. The molecule has 1 aliphatic heterocycles. The highest BCUT2D eigenvalue weighted by atomic mass is 32.2. The van der Waals surface area contributed by atoms with Crippen molar-refractivity contribution in [1.82, 2.24) is 9.80 Å². The fourth-order valence-corrected chi connectivity index (χ4v) is 2.50. The minimum atomic E-state index is -3.11. The molecule has 0 saturated carbocycles. The van der Waals surface area contributed by atoms with E-state index in [9.17, 15) is 4.79 Å². The Morgan fingerprint density at radius 1 is 1.14 bits per heavy atom. The van der Waals surface area contributed by atoms with Crippen LogP contribution in [-0.2, 0) is 15.3 Å². The van der Waals surface area contributed by atoms with Gasteiger partial charge in [0.15, 0.2) is 0 Å². The third kappa shape index (κ3) is 8.01. The van der Waals surface area contributed by atoms with Crippen LogP contribution in [0.15, 0.2) is 0 Å². The molecule has 2 atom stereocenters. The Labute approximate surface area is 128 Å². The molecule has 0 aromatic carbocycles. The molecule has 1 heterocycles. The molecule has 0 N–H and O–H groups in total. The molecule has 0 bridgehead atoms. The third-order valence-corrected chi connectivity index (χ3v) is 3.40. The summed E-state index contributed by atoms with van der Waals surface area (Å²) in [7, 11) is -3.11. The van der Waals surface area contributed by atoms with E-state index in [0.717, 1.165) is 19.6 Å². The summed E-state index contributed by atoms with van der Waals surface area (Å²) in [6.45, 7) is 11.6. The maximum atomic E-state index is 11.7. The second-order valence-electron chi connectivity index (χ2n) is 5.10. The summed E-state index contributed by atoms with van der Waals surface area (Å²) < 4.78 is 30.4. The van der Waals surface area contributed by atoms with Gasteiger partial charge in [0.05, 0.1) is 6.61 Å². The molecule has 1 aliphatic rings. The number of carbonyl (C=O) groups excluding carboxylic acids is 1. The normalized spacial score (nSPS) is 22.2. The molecule has 8 heteroatoms. The number of rotatable bonds is 4. The minimum Gasteiger partial charge on any atom is -0.450 e. The van der Waals surface area contributed by atoms with E-state index in [1.165, 1.54) is 12.8 Å². The lowest BCUT2D eigenvalue weighted by atomic mass is 10.1. The van der Waals surface area contributed by atoms with Crippen molar-refractivity contribution >= 4 is 16.7 Å². The third-order valence-electron chi connectivity index (χ3n) is 3.40. The summed E-state index contributed by atoms with van der Waals surface area (Å²) in [5.41, 5.74) is 0. The van der Waals surface area contributed by atoms with Crippen molar-refractivity contribution in [2.45, 2.75) is 52.6 Å². The fraction of sp³-hybridized carbons (Fsp3) is 0.923. The zero-order chi connectivity index (χ0) is 16.4. The molecule has 0 aliphatic carbocycles. The highest BCUT2D eigenvalue weighted by Crippen LogP contribution is 2.17. The summed E-state index contributed by atoms with van der Waals surface area (Å²) in [5, 5.41) is 0. The lowest BCUT2D eigenvalue weighted by Gasteiger charge is -2.43. The van der Waals surface area contributed by atoms with Crippen molar-refractivity contribution in [2.75, 3.05) is 26.2 Å². The van der Waals surface area contributed by atoms with Gasteiger partial charge in [-0.2, -0.15) is 0 Å². The van der Waals surface area contributed by atoms with Crippen LogP contribution in [0.5, 0.6) is 0 Å². The van der Waals surface area contributed by atoms with Crippen molar-refractivity contribution in [3.63, 3.8) is 0 Å². The Kier molecular flexibility index (Phi) is 9.98. The van der Waals surface area contributed by atoms with Crippen molar-refractivity contribution < 1.29 is 22.2 Å². The van der Waals surface area contributed by atoms with Crippen molar-refractivity contribution in [3.8, 4) is 0 Å². The SMILES string of the molecule is CCCCN1[C@H](C)CN(C(=O)OCC)C[C@@H]1C.O=S(=O)=O. The summed E-state index contributed by atoms with van der Waals surface area (Å²) in [6.07, 6.45) is 2.28. The van der Waals surface area contributed by atoms with E-state index in [1.807, 2.05) is 11.8 Å². The van der Waals surface area contributed by atoms with E-state index in [2.05, 4.69) is 25.7 Å². The largest absolute Gasteiger partial charge is 0.450 e. The maximum Gasteiger partial charge on any atom is 0.425 e. The Morgan fingerprint density at radius 2 is 1.62 bits per heavy atom. The van der Waals surface area contributed by atoms with Gasteiger partial charge in [0.2, 0.25) is 0 Å². The zero-order valence-corrected chi connectivity index (χ0v) is 14.1. The average Bonchev–Trinajstić information content (AvgIpc) is 2.37. The standard InChI is InChI=1S/C13H26N2O2.O3S/c1-5-7-8-15-11(3)9-14(10-12(15)4)13(16)17-6-2;1-4(2)3/h11-12H,5-10H2,1-4H3;/t11-,12+;. The van der Waals surface area contributed by atoms with E-state index in [4.69, 9.17) is 17.4 Å². The molecule has 0 aromatic rings. The number of nitrogens with zero attached hydrogens (tertiary/aromatic N) is 2. The van der Waals surface area contributed by atoms with E-state index in [-0.39, 0.29) is 6.09 Å². The average molecular weight is 322 g/mol. The Balaban J connectivity index is 0.000000885. The smallest absolute Gasteiger partial charge is 0.425 e. The number of hydrogen-bond acceptors (Lipinski definition) is 6. The second kappa shape index (κ2) is 10.6. The lowest BCUT2D eigenvalue weighted by molar-refractivity contribution is 0.0283. The van der Waals surface area contributed by atoms with Crippen LogP contribution in [0.3, 0.4) is 0 Å². The Morgan fingerprint density at radius 3 is 2.00 bits per heavy atom. The molecular formula is C13H26N2O5S. The van der Waals surface area contributed by atoms with Crippen LogP contribution < -0.4 is 0 Å². The minimum absolute atomic E-state index is 0.165.